The van der Waals surface area contributed by atoms with Crippen molar-refractivity contribution in [3.05, 3.63) is 48.5 Å². The van der Waals surface area contributed by atoms with Gasteiger partial charge in [-0.25, -0.2) is 13.1 Å². The first-order valence-corrected chi connectivity index (χ1v) is 8.00. The molecule has 6 heteroatoms. The summed E-state index contributed by atoms with van der Waals surface area (Å²) in [5.74, 6) is 0. The summed E-state index contributed by atoms with van der Waals surface area (Å²) in [4.78, 5) is 4.03. The maximum Gasteiger partial charge on any atom is 0.242 e. The molecule has 2 rings (SSSR count). The third-order valence-corrected chi connectivity index (χ3v) is 4.76. The van der Waals surface area contributed by atoms with Crippen molar-refractivity contribution in [1.82, 2.24) is 14.3 Å². The molecular formula is C14H19N3O2S. The van der Waals surface area contributed by atoms with Crippen LogP contribution >= 0.6 is 0 Å². The maximum absolute atomic E-state index is 12.1. The van der Waals surface area contributed by atoms with E-state index >= 15 is 0 Å². The van der Waals surface area contributed by atoms with E-state index in [0.717, 1.165) is 12.8 Å². The van der Waals surface area contributed by atoms with Crippen LogP contribution < -0.4 is 4.72 Å². The average Bonchev–Trinajstić information content (AvgIpc) is 2.82. The number of aromatic nitrogens is 2. The van der Waals surface area contributed by atoms with Gasteiger partial charge < -0.3 is 4.57 Å². The summed E-state index contributed by atoms with van der Waals surface area (Å²) in [6.07, 6.45) is 6.47. The van der Waals surface area contributed by atoms with Crippen LogP contribution in [0.5, 0.6) is 0 Å². The highest BCUT2D eigenvalue weighted by Gasteiger charge is 2.17. The molecule has 1 atom stereocenters. The van der Waals surface area contributed by atoms with Crippen LogP contribution in [0.4, 0.5) is 0 Å². The minimum atomic E-state index is -3.48. The molecule has 108 valence electrons. The number of hydrogen-bond acceptors (Lipinski definition) is 3. The Bertz CT molecular complexity index is 650. The lowest BCUT2D eigenvalue weighted by Gasteiger charge is -2.14. The maximum atomic E-state index is 12.1. The van der Waals surface area contributed by atoms with Crippen LogP contribution in [0.15, 0.2) is 47.8 Å². The fraction of sp³-hybridized carbons (Fsp3) is 0.357. The number of hydrogen-bond donors (Lipinski definition) is 1. The molecule has 0 aliphatic heterocycles. The molecule has 0 radical (unpaired) electrons. The van der Waals surface area contributed by atoms with Crippen LogP contribution in [-0.2, 0) is 23.5 Å². The Morgan fingerprint density at radius 1 is 1.35 bits per heavy atom. The second-order valence-corrected chi connectivity index (χ2v) is 6.57. The Morgan fingerprint density at radius 3 is 2.75 bits per heavy atom. The molecule has 0 amide bonds. The summed E-state index contributed by atoms with van der Waals surface area (Å²) in [6.45, 7) is 1.87. The summed E-state index contributed by atoms with van der Waals surface area (Å²) in [5, 5.41) is 0. The van der Waals surface area contributed by atoms with E-state index < -0.39 is 10.0 Å². The third-order valence-electron chi connectivity index (χ3n) is 3.19. The predicted molar refractivity (Wildman–Crippen MR) is 77.8 cm³/mol. The van der Waals surface area contributed by atoms with Crippen molar-refractivity contribution in [2.75, 3.05) is 0 Å². The minimum absolute atomic E-state index is 0.130. The van der Waals surface area contributed by atoms with E-state index in [9.17, 15) is 8.42 Å². The van der Waals surface area contributed by atoms with Crippen molar-refractivity contribution in [3.63, 3.8) is 0 Å². The first kappa shape index (κ1) is 14.7. The number of nitrogens with zero attached hydrogens (tertiary/aromatic N) is 2. The van der Waals surface area contributed by atoms with Gasteiger partial charge in [0.15, 0.2) is 0 Å². The van der Waals surface area contributed by atoms with Gasteiger partial charge in [0.25, 0.3) is 0 Å². The van der Waals surface area contributed by atoms with Crippen molar-refractivity contribution in [3.8, 4) is 0 Å². The smallest absolute Gasteiger partial charge is 0.242 e. The SMILES string of the molecule is C[C@@H](CCc1cccn1C)NS(=O)(=O)c1cccnc1. The van der Waals surface area contributed by atoms with E-state index in [2.05, 4.69) is 9.71 Å². The van der Waals surface area contributed by atoms with Crippen LogP contribution in [0.3, 0.4) is 0 Å². The van der Waals surface area contributed by atoms with Gasteiger partial charge in [0.05, 0.1) is 0 Å². The zero-order chi connectivity index (χ0) is 14.6. The number of rotatable bonds is 6. The summed E-state index contributed by atoms with van der Waals surface area (Å²) in [7, 11) is -1.49. The van der Waals surface area contributed by atoms with Crippen LogP contribution in [0.1, 0.15) is 19.0 Å². The Kier molecular flexibility index (Phi) is 4.57. The van der Waals surface area contributed by atoms with Crippen molar-refractivity contribution in [2.45, 2.75) is 30.7 Å². The second kappa shape index (κ2) is 6.19. The van der Waals surface area contributed by atoms with Crippen molar-refractivity contribution < 1.29 is 8.42 Å². The molecule has 0 fully saturated rings. The van der Waals surface area contributed by atoms with Crippen molar-refractivity contribution in [1.29, 1.82) is 0 Å². The molecule has 2 aromatic heterocycles. The normalized spacial score (nSPS) is 13.3. The molecule has 1 N–H and O–H groups in total. The van der Waals surface area contributed by atoms with Crippen molar-refractivity contribution in [2.24, 2.45) is 7.05 Å². The Hall–Kier alpha value is -1.66. The van der Waals surface area contributed by atoms with E-state index in [-0.39, 0.29) is 10.9 Å². The molecule has 0 saturated heterocycles. The quantitative estimate of drug-likeness (QED) is 0.882. The molecule has 0 aromatic carbocycles. The fourth-order valence-corrected chi connectivity index (χ4v) is 3.26. The molecule has 0 spiro atoms. The summed E-state index contributed by atoms with van der Waals surface area (Å²) >= 11 is 0. The zero-order valence-electron chi connectivity index (χ0n) is 11.7. The van der Waals surface area contributed by atoms with Crippen LogP contribution in [-0.4, -0.2) is 24.0 Å². The minimum Gasteiger partial charge on any atom is -0.354 e. The van der Waals surface area contributed by atoms with E-state index in [0.29, 0.717) is 0 Å². The summed E-state index contributed by atoms with van der Waals surface area (Å²) in [5.41, 5.74) is 1.19. The highest BCUT2D eigenvalue weighted by molar-refractivity contribution is 7.89. The lowest BCUT2D eigenvalue weighted by atomic mass is 10.1. The van der Waals surface area contributed by atoms with Gasteiger partial charge in [-0.05, 0) is 44.0 Å². The molecule has 5 nitrogen and oxygen atoms in total. The lowest BCUT2D eigenvalue weighted by Crippen LogP contribution is -2.33. The second-order valence-electron chi connectivity index (χ2n) is 4.86. The molecule has 2 heterocycles. The number of pyridine rings is 1. The zero-order valence-corrected chi connectivity index (χ0v) is 12.5. The predicted octanol–water partition coefficient (Wildman–Crippen LogP) is 1.72. The first-order valence-electron chi connectivity index (χ1n) is 6.51. The Balaban J connectivity index is 1.94. The first-order chi connectivity index (χ1) is 9.49. The summed E-state index contributed by atoms with van der Waals surface area (Å²) < 4.78 is 29.0. The van der Waals surface area contributed by atoms with Gasteiger partial charge in [-0.15, -0.1) is 0 Å². The topological polar surface area (TPSA) is 64.0 Å². The molecule has 0 saturated carbocycles. The molecule has 0 bridgehead atoms. The molecule has 2 aromatic rings. The number of sulfonamides is 1. The third kappa shape index (κ3) is 3.68. The van der Waals surface area contributed by atoms with Crippen LogP contribution in [0.2, 0.25) is 0 Å². The molecule has 0 aliphatic carbocycles. The Labute approximate surface area is 119 Å². The van der Waals surface area contributed by atoms with Gasteiger partial charge in [0, 0.05) is 37.4 Å². The fourth-order valence-electron chi connectivity index (χ4n) is 2.02. The van der Waals surface area contributed by atoms with Gasteiger partial charge in [0.2, 0.25) is 10.0 Å². The van der Waals surface area contributed by atoms with E-state index in [4.69, 9.17) is 0 Å². The van der Waals surface area contributed by atoms with Gasteiger partial charge in [-0.3, -0.25) is 4.98 Å². The monoisotopic (exact) mass is 293 g/mol. The van der Waals surface area contributed by atoms with Gasteiger partial charge in [-0.2, -0.15) is 0 Å². The highest BCUT2D eigenvalue weighted by atomic mass is 32.2. The standard InChI is InChI=1S/C14H19N3O2S/c1-12(7-8-13-5-4-10-17(13)2)16-20(18,19)14-6-3-9-15-11-14/h3-6,9-12,16H,7-8H2,1-2H3/t12-/m0/s1. The van der Waals surface area contributed by atoms with Gasteiger partial charge >= 0.3 is 0 Å². The van der Waals surface area contributed by atoms with Crippen LogP contribution in [0, 0.1) is 0 Å². The van der Waals surface area contributed by atoms with E-state index in [1.165, 1.54) is 11.9 Å². The van der Waals surface area contributed by atoms with Gasteiger partial charge in [-0.1, -0.05) is 0 Å². The lowest BCUT2D eigenvalue weighted by molar-refractivity contribution is 0.543. The average molecular weight is 293 g/mol. The summed E-state index contributed by atoms with van der Waals surface area (Å²) in [6, 6.07) is 7.06. The molecule has 0 aliphatic rings. The van der Waals surface area contributed by atoms with E-state index in [1.54, 1.807) is 18.3 Å². The highest BCUT2D eigenvalue weighted by Crippen LogP contribution is 2.10. The molecule has 20 heavy (non-hydrogen) atoms. The largest absolute Gasteiger partial charge is 0.354 e. The Morgan fingerprint density at radius 2 is 2.15 bits per heavy atom. The number of aryl methyl sites for hydroxylation is 2. The van der Waals surface area contributed by atoms with E-state index in [1.807, 2.05) is 36.9 Å². The van der Waals surface area contributed by atoms with Crippen LogP contribution in [0.25, 0.3) is 0 Å². The molecular weight excluding hydrogens is 274 g/mol. The van der Waals surface area contributed by atoms with Crippen molar-refractivity contribution >= 4 is 10.0 Å². The van der Waals surface area contributed by atoms with Gasteiger partial charge in [0.1, 0.15) is 4.90 Å². The molecule has 0 unspecified atom stereocenters. The number of nitrogens with one attached hydrogen (secondary N) is 1.